The summed E-state index contributed by atoms with van der Waals surface area (Å²) in [5.41, 5.74) is 0. The van der Waals surface area contributed by atoms with E-state index in [0.717, 1.165) is 0 Å². The second kappa shape index (κ2) is 10.2. The molecule has 2 heterocycles. The molecule has 0 radical (unpaired) electrons. The van der Waals surface area contributed by atoms with Crippen molar-refractivity contribution in [3.8, 4) is 0 Å². The highest BCUT2D eigenvalue weighted by molar-refractivity contribution is 5.73. The molecule has 0 bridgehead atoms. The fourth-order valence-corrected chi connectivity index (χ4v) is 3.38. The molecule has 28 heavy (non-hydrogen) atoms. The van der Waals surface area contributed by atoms with E-state index in [9.17, 15) is 30.3 Å². The third-order valence-electron chi connectivity index (χ3n) is 4.78. The van der Waals surface area contributed by atoms with Crippen LogP contribution in [0.25, 0.3) is 0 Å². The Morgan fingerprint density at radius 1 is 1.00 bits per heavy atom. The molecule has 2 fully saturated rings. The molecule has 164 valence electrons. The number of carbonyl (C=O) groups is 1. The van der Waals surface area contributed by atoms with Gasteiger partial charge in [0, 0.05) is 21.1 Å². The van der Waals surface area contributed by atoms with Crippen LogP contribution in [0.2, 0.25) is 0 Å². The van der Waals surface area contributed by atoms with Gasteiger partial charge in [0.2, 0.25) is 5.91 Å². The molecule has 2 aliphatic rings. The fraction of sp³-hybridized carbons (Fsp3) is 0.938. The zero-order valence-corrected chi connectivity index (χ0v) is 15.9. The maximum atomic E-state index is 11.5. The summed E-state index contributed by atoms with van der Waals surface area (Å²) in [5, 5.41) is 53.2. The quantitative estimate of drug-likeness (QED) is 0.241. The fourth-order valence-electron chi connectivity index (χ4n) is 3.38. The number of aliphatic hydroxyl groups is 5. The van der Waals surface area contributed by atoms with E-state index in [1.54, 1.807) is 0 Å². The number of amides is 1. The normalized spacial score (nSPS) is 44.3. The van der Waals surface area contributed by atoms with Gasteiger partial charge in [-0.1, -0.05) is 0 Å². The number of methoxy groups -OCH3 is 2. The van der Waals surface area contributed by atoms with Gasteiger partial charge in [-0.3, -0.25) is 4.79 Å². The Hall–Kier alpha value is -0.930. The standard InChI is InChI=1S/C16H29NO11/c1-6(19)17-9-13(11(21)8(5-24-2)26-15(9)23)28-16-12(22)14(25-3)10(20)7(4-18)27-16/h7-16,18,20-23H,4-5H2,1-3H3,(H,17,19)/t7-,8-,9-,10+,11-,12-,13-,14+,15-,16+/m1/s1. The van der Waals surface area contributed by atoms with E-state index in [0.29, 0.717) is 0 Å². The number of ether oxygens (including phenoxy) is 5. The molecule has 0 aromatic heterocycles. The largest absolute Gasteiger partial charge is 0.394 e. The van der Waals surface area contributed by atoms with E-state index in [-0.39, 0.29) is 6.61 Å². The van der Waals surface area contributed by atoms with Gasteiger partial charge in [0.1, 0.15) is 48.8 Å². The average molecular weight is 411 g/mol. The summed E-state index contributed by atoms with van der Waals surface area (Å²) < 4.78 is 26.4. The van der Waals surface area contributed by atoms with Crippen LogP contribution in [-0.2, 0) is 28.5 Å². The van der Waals surface area contributed by atoms with Gasteiger partial charge >= 0.3 is 0 Å². The minimum atomic E-state index is -1.53. The Labute approximate surface area is 161 Å². The first-order chi connectivity index (χ1) is 13.2. The van der Waals surface area contributed by atoms with Crippen LogP contribution in [-0.4, -0.2) is 120 Å². The van der Waals surface area contributed by atoms with Crippen molar-refractivity contribution < 1.29 is 54.0 Å². The van der Waals surface area contributed by atoms with E-state index >= 15 is 0 Å². The lowest BCUT2D eigenvalue weighted by molar-refractivity contribution is -0.343. The molecule has 2 aliphatic heterocycles. The number of rotatable bonds is 7. The molecule has 10 atom stereocenters. The van der Waals surface area contributed by atoms with E-state index in [1.807, 2.05) is 0 Å². The minimum absolute atomic E-state index is 0.0718. The van der Waals surface area contributed by atoms with E-state index in [4.69, 9.17) is 23.7 Å². The Kier molecular flexibility index (Phi) is 8.51. The Morgan fingerprint density at radius 2 is 1.64 bits per heavy atom. The van der Waals surface area contributed by atoms with Gasteiger partial charge in [0.25, 0.3) is 0 Å². The second-order valence-electron chi connectivity index (χ2n) is 6.75. The molecule has 0 unspecified atom stereocenters. The van der Waals surface area contributed by atoms with Crippen molar-refractivity contribution >= 4 is 5.91 Å². The molecule has 1 amide bonds. The zero-order valence-electron chi connectivity index (χ0n) is 15.9. The Balaban J connectivity index is 2.24. The molecule has 2 saturated heterocycles. The Morgan fingerprint density at radius 3 is 2.18 bits per heavy atom. The number of carbonyl (C=O) groups excluding carboxylic acids is 1. The summed E-state index contributed by atoms with van der Waals surface area (Å²) in [4.78, 5) is 11.5. The lowest BCUT2D eigenvalue weighted by Crippen LogP contribution is -2.67. The number of aliphatic hydroxyl groups excluding tert-OH is 5. The molecule has 0 aromatic rings. The predicted molar refractivity (Wildman–Crippen MR) is 89.8 cm³/mol. The topological polar surface area (TPSA) is 176 Å². The molecular formula is C16H29NO11. The molecular weight excluding hydrogens is 382 g/mol. The summed E-state index contributed by atoms with van der Waals surface area (Å²) in [5.74, 6) is -0.512. The smallest absolute Gasteiger partial charge is 0.217 e. The first-order valence-electron chi connectivity index (χ1n) is 8.83. The van der Waals surface area contributed by atoms with Crippen LogP contribution in [0.5, 0.6) is 0 Å². The van der Waals surface area contributed by atoms with Gasteiger partial charge in [-0.25, -0.2) is 0 Å². The van der Waals surface area contributed by atoms with Crippen LogP contribution in [0.1, 0.15) is 6.92 Å². The highest BCUT2D eigenvalue weighted by Crippen LogP contribution is 2.29. The summed E-state index contributed by atoms with van der Waals surface area (Å²) >= 11 is 0. The van der Waals surface area contributed by atoms with Crippen LogP contribution in [0.3, 0.4) is 0 Å². The molecule has 0 aromatic carbocycles. The first-order valence-corrected chi connectivity index (χ1v) is 8.83. The molecule has 0 spiro atoms. The van der Waals surface area contributed by atoms with Crippen molar-refractivity contribution in [2.24, 2.45) is 0 Å². The van der Waals surface area contributed by atoms with E-state index in [2.05, 4.69) is 5.32 Å². The summed E-state index contributed by atoms with van der Waals surface area (Å²) in [7, 11) is 2.64. The van der Waals surface area contributed by atoms with Crippen molar-refractivity contribution in [1.29, 1.82) is 0 Å². The van der Waals surface area contributed by atoms with E-state index in [1.165, 1.54) is 21.1 Å². The number of hydrogen-bond acceptors (Lipinski definition) is 11. The van der Waals surface area contributed by atoms with Crippen LogP contribution >= 0.6 is 0 Å². The van der Waals surface area contributed by atoms with Gasteiger partial charge in [-0.15, -0.1) is 0 Å². The van der Waals surface area contributed by atoms with E-state index < -0.39 is 73.9 Å². The maximum absolute atomic E-state index is 11.5. The summed E-state index contributed by atoms with van der Waals surface area (Å²) in [6, 6.07) is -1.18. The zero-order chi connectivity index (χ0) is 21.0. The monoisotopic (exact) mass is 411 g/mol. The summed E-state index contributed by atoms with van der Waals surface area (Å²) in [6.45, 7) is 0.564. The third kappa shape index (κ3) is 4.97. The molecule has 6 N–H and O–H groups in total. The number of hydrogen-bond donors (Lipinski definition) is 6. The highest BCUT2D eigenvalue weighted by atomic mass is 16.7. The van der Waals surface area contributed by atoms with Gasteiger partial charge in [-0.2, -0.15) is 0 Å². The molecule has 2 rings (SSSR count). The lowest BCUT2D eigenvalue weighted by Gasteiger charge is -2.47. The SMILES string of the molecule is COC[C@H]1O[C@@H](O)[C@H](NC(C)=O)[C@@H](O[C@@H]2O[C@H](CO)[C@H](O)[C@H](OC)[C@H]2O)[C@@H]1O. The average Bonchev–Trinajstić information content (AvgIpc) is 2.64. The molecule has 12 nitrogen and oxygen atoms in total. The van der Waals surface area contributed by atoms with Crippen LogP contribution in [0, 0.1) is 0 Å². The summed E-state index contributed by atoms with van der Waals surface area (Å²) in [6.07, 6.45) is -11.6. The van der Waals surface area contributed by atoms with Gasteiger partial charge in [0.15, 0.2) is 12.6 Å². The van der Waals surface area contributed by atoms with Gasteiger partial charge in [-0.05, 0) is 0 Å². The molecule has 0 saturated carbocycles. The Bertz CT molecular complexity index is 509. The van der Waals surface area contributed by atoms with Crippen molar-refractivity contribution in [1.82, 2.24) is 5.32 Å². The number of nitrogens with one attached hydrogen (secondary N) is 1. The van der Waals surface area contributed by atoms with Gasteiger partial charge in [0.05, 0.1) is 13.2 Å². The highest BCUT2D eigenvalue weighted by Gasteiger charge is 2.51. The second-order valence-corrected chi connectivity index (χ2v) is 6.75. The van der Waals surface area contributed by atoms with Gasteiger partial charge < -0.3 is 54.5 Å². The van der Waals surface area contributed by atoms with Crippen molar-refractivity contribution in [3.05, 3.63) is 0 Å². The third-order valence-corrected chi connectivity index (χ3v) is 4.78. The first kappa shape index (κ1) is 23.3. The lowest BCUT2D eigenvalue weighted by atomic mass is 9.95. The van der Waals surface area contributed by atoms with Crippen molar-refractivity contribution in [2.45, 2.75) is 68.3 Å². The predicted octanol–water partition coefficient (Wildman–Crippen LogP) is -3.95. The van der Waals surface area contributed by atoms with Crippen molar-refractivity contribution in [3.63, 3.8) is 0 Å². The maximum Gasteiger partial charge on any atom is 0.217 e. The van der Waals surface area contributed by atoms with Crippen LogP contribution in [0.4, 0.5) is 0 Å². The minimum Gasteiger partial charge on any atom is -0.394 e. The van der Waals surface area contributed by atoms with Crippen molar-refractivity contribution in [2.75, 3.05) is 27.4 Å². The molecule has 0 aliphatic carbocycles. The molecule has 12 heteroatoms. The van der Waals surface area contributed by atoms with Crippen LogP contribution in [0.15, 0.2) is 0 Å². The van der Waals surface area contributed by atoms with Crippen LogP contribution < -0.4 is 5.32 Å².